The highest BCUT2D eigenvalue weighted by molar-refractivity contribution is 14.0. The molecule has 0 spiro atoms. The first-order valence-electron chi connectivity index (χ1n) is 9.47. The molecule has 158 valence electrons. The molecule has 0 aliphatic rings. The van der Waals surface area contributed by atoms with Crippen LogP contribution >= 0.6 is 35.3 Å². The minimum atomic E-state index is 0. The third-order valence-electron chi connectivity index (χ3n) is 4.42. The molecule has 0 saturated heterocycles. The van der Waals surface area contributed by atoms with E-state index in [0.29, 0.717) is 25.0 Å². The lowest BCUT2D eigenvalue weighted by molar-refractivity contribution is 0.372. The van der Waals surface area contributed by atoms with E-state index in [2.05, 4.69) is 45.7 Å². The van der Waals surface area contributed by atoms with E-state index in [4.69, 9.17) is 8.94 Å². The molecule has 1 aromatic carbocycles. The van der Waals surface area contributed by atoms with E-state index in [0.717, 1.165) is 38.2 Å². The second kappa shape index (κ2) is 10.1. The molecule has 7 nitrogen and oxygen atoms in total. The quantitative estimate of drug-likeness (QED) is 0.201. The normalized spacial score (nSPS) is 11.7. The second-order valence-electron chi connectivity index (χ2n) is 6.90. The lowest BCUT2D eigenvalue weighted by Gasteiger charge is -2.09. The van der Waals surface area contributed by atoms with E-state index >= 15 is 0 Å². The number of fused-ring (bicyclic) bond motifs is 1. The number of benzene rings is 1. The molecule has 0 amide bonds. The Morgan fingerprint density at radius 2 is 1.87 bits per heavy atom. The fourth-order valence-corrected chi connectivity index (χ4v) is 3.74. The zero-order chi connectivity index (χ0) is 20.2. The van der Waals surface area contributed by atoms with Crippen molar-refractivity contribution < 1.29 is 8.94 Å². The molecule has 0 fully saturated rings. The number of para-hydroxylation sites is 1. The molecule has 4 aromatic rings. The van der Waals surface area contributed by atoms with Gasteiger partial charge in [-0.25, -0.2) is 4.98 Å². The van der Waals surface area contributed by atoms with Gasteiger partial charge in [0.2, 0.25) is 0 Å². The smallest absolute Gasteiger partial charge is 0.191 e. The van der Waals surface area contributed by atoms with Crippen LogP contribution in [0, 0.1) is 0 Å². The Labute approximate surface area is 196 Å². The van der Waals surface area contributed by atoms with Gasteiger partial charge in [0.05, 0.1) is 29.0 Å². The van der Waals surface area contributed by atoms with Crippen molar-refractivity contribution in [1.29, 1.82) is 0 Å². The zero-order valence-electron chi connectivity index (χ0n) is 17.0. The van der Waals surface area contributed by atoms with Crippen molar-refractivity contribution in [3.63, 3.8) is 0 Å². The average Bonchev–Trinajstić information content (AvgIpc) is 3.46. The summed E-state index contributed by atoms with van der Waals surface area (Å²) >= 11 is 1.62. The zero-order valence-corrected chi connectivity index (χ0v) is 20.2. The third kappa shape index (κ3) is 5.20. The van der Waals surface area contributed by atoms with Crippen molar-refractivity contribution in [3.8, 4) is 10.8 Å². The van der Waals surface area contributed by atoms with Crippen LogP contribution in [0.4, 0.5) is 0 Å². The molecule has 3 heterocycles. The van der Waals surface area contributed by atoms with Crippen LogP contribution in [0.25, 0.3) is 21.0 Å². The van der Waals surface area contributed by atoms with Gasteiger partial charge in [-0.15, -0.1) is 35.3 Å². The number of nitrogens with one attached hydrogen (secondary N) is 2. The van der Waals surface area contributed by atoms with Crippen LogP contribution in [0.1, 0.15) is 37.0 Å². The number of furan rings is 1. The number of aliphatic imine (C=N–C) groups is 1. The molecule has 4 rings (SSSR count). The van der Waals surface area contributed by atoms with Crippen LogP contribution in [0.5, 0.6) is 0 Å². The highest BCUT2D eigenvalue weighted by atomic mass is 127. The monoisotopic (exact) mass is 537 g/mol. The lowest BCUT2D eigenvalue weighted by Crippen LogP contribution is -2.36. The van der Waals surface area contributed by atoms with E-state index < -0.39 is 0 Å². The minimum Gasteiger partial charge on any atom is -0.457 e. The van der Waals surface area contributed by atoms with Gasteiger partial charge in [-0.2, -0.15) is 0 Å². The summed E-state index contributed by atoms with van der Waals surface area (Å²) in [4.78, 5) is 8.87. The summed E-state index contributed by atoms with van der Waals surface area (Å²) in [6.07, 6.45) is 0. The number of guanidine groups is 1. The second-order valence-corrected chi connectivity index (χ2v) is 7.94. The maximum Gasteiger partial charge on any atom is 0.191 e. The van der Waals surface area contributed by atoms with Gasteiger partial charge in [-0.3, -0.25) is 4.99 Å². The summed E-state index contributed by atoms with van der Waals surface area (Å²) in [5.41, 5.74) is 1.93. The molecule has 0 bridgehead atoms. The van der Waals surface area contributed by atoms with Crippen molar-refractivity contribution in [1.82, 2.24) is 20.8 Å². The van der Waals surface area contributed by atoms with Crippen LogP contribution in [-0.2, 0) is 13.1 Å². The fraction of sp³-hybridized carbons (Fsp3) is 0.286. The molecular formula is C21H24IN5O2S. The molecule has 2 N–H and O–H groups in total. The van der Waals surface area contributed by atoms with Crippen LogP contribution in [0.3, 0.4) is 0 Å². The molecule has 30 heavy (non-hydrogen) atoms. The Morgan fingerprint density at radius 1 is 1.10 bits per heavy atom. The van der Waals surface area contributed by atoms with Gasteiger partial charge in [0.1, 0.15) is 5.76 Å². The largest absolute Gasteiger partial charge is 0.457 e. The molecule has 0 saturated carbocycles. The maximum absolute atomic E-state index is 5.96. The van der Waals surface area contributed by atoms with Crippen LogP contribution in [0.2, 0.25) is 0 Å². The van der Waals surface area contributed by atoms with Gasteiger partial charge in [-0.05, 0) is 30.2 Å². The van der Waals surface area contributed by atoms with E-state index in [-0.39, 0.29) is 24.0 Å². The summed E-state index contributed by atoms with van der Waals surface area (Å²) in [7, 11) is 1.73. The van der Waals surface area contributed by atoms with E-state index in [1.54, 1.807) is 18.4 Å². The molecule has 3 aromatic heterocycles. The van der Waals surface area contributed by atoms with Gasteiger partial charge in [0, 0.05) is 13.1 Å². The maximum atomic E-state index is 5.96. The Bertz CT molecular complexity index is 1100. The summed E-state index contributed by atoms with van der Waals surface area (Å²) in [6.45, 7) is 5.19. The van der Waals surface area contributed by atoms with Crippen molar-refractivity contribution in [2.75, 3.05) is 7.05 Å². The predicted octanol–water partition coefficient (Wildman–Crippen LogP) is 5.15. The highest BCUT2D eigenvalue weighted by Gasteiger charge is 2.11. The van der Waals surface area contributed by atoms with Crippen LogP contribution < -0.4 is 10.6 Å². The standard InChI is InChI=1S/C21H23N5O2S.HI/c1-13(2)17-10-15(28-26-17)12-24-21(22-3)23-11-14-8-9-18(27-14)20-25-16-6-4-5-7-19(16)29-20;/h4-10,13H,11-12H2,1-3H3,(H2,22,23,24);1H. The first-order valence-corrected chi connectivity index (χ1v) is 10.3. The van der Waals surface area contributed by atoms with Crippen molar-refractivity contribution in [2.45, 2.75) is 32.9 Å². The van der Waals surface area contributed by atoms with Crippen molar-refractivity contribution >= 4 is 51.5 Å². The topological polar surface area (TPSA) is 88.5 Å². The summed E-state index contributed by atoms with van der Waals surface area (Å²) < 4.78 is 12.5. The third-order valence-corrected chi connectivity index (χ3v) is 5.47. The first-order chi connectivity index (χ1) is 14.1. The number of halogens is 1. The summed E-state index contributed by atoms with van der Waals surface area (Å²) in [6, 6.07) is 13.9. The van der Waals surface area contributed by atoms with Gasteiger partial charge < -0.3 is 19.6 Å². The summed E-state index contributed by atoms with van der Waals surface area (Å²) in [5.74, 6) is 3.35. The summed E-state index contributed by atoms with van der Waals surface area (Å²) in [5, 5.41) is 11.4. The number of hydrogen-bond acceptors (Lipinski definition) is 6. The predicted molar refractivity (Wildman–Crippen MR) is 130 cm³/mol. The Morgan fingerprint density at radius 3 is 2.57 bits per heavy atom. The van der Waals surface area contributed by atoms with Crippen molar-refractivity contribution in [3.05, 3.63) is 59.7 Å². The average molecular weight is 537 g/mol. The number of thiazole rings is 1. The molecule has 0 unspecified atom stereocenters. The number of aromatic nitrogens is 2. The molecule has 9 heteroatoms. The molecule has 0 atom stereocenters. The fourth-order valence-electron chi connectivity index (χ4n) is 2.81. The Balaban J connectivity index is 0.00000256. The van der Waals surface area contributed by atoms with Gasteiger partial charge in [0.15, 0.2) is 22.5 Å². The van der Waals surface area contributed by atoms with Crippen LogP contribution in [0.15, 0.2) is 56.4 Å². The number of hydrogen-bond donors (Lipinski definition) is 2. The SMILES string of the molecule is CN=C(NCc1cc(C(C)C)no1)NCc1ccc(-c2nc3ccccc3s2)o1.I. The van der Waals surface area contributed by atoms with E-state index in [1.165, 1.54) is 0 Å². The molecular weight excluding hydrogens is 513 g/mol. The van der Waals surface area contributed by atoms with E-state index in [1.807, 2.05) is 36.4 Å². The van der Waals surface area contributed by atoms with Crippen LogP contribution in [-0.4, -0.2) is 23.1 Å². The highest BCUT2D eigenvalue weighted by Crippen LogP contribution is 2.31. The molecule has 0 radical (unpaired) electrons. The Kier molecular flexibility index (Phi) is 7.48. The molecule has 0 aliphatic carbocycles. The number of nitrogens with zero attached hydrogens (tertiary/aromatic N) is 3. The Hall–Kier alpha value is -2.40. The minimum absolute atomic E-state index is 0. The van der Waals surface area contributed by atoms with E-state index in [9.17, 15) is 0 Å². The first kappa shape index (κ1) is 22.3. The van der Waals surface area contributed by atoms with Gasteiger partial charge in [0.25, 0.3) is 0 Å². The lowest BCUT2D eigenvalue weighted by atomic mass is 10.1. The number of rotatable bonds is 6. The van der Waals surface area contributed by atoms with Crippen molar-refractivity contribution in [2.24, 2.45) is 4.99 Å². The van der Waals surface area contributed by atoms with Gasteiger partial charge in [-0.1, -0.05) is 31.1 Å². The van der Waals surface area contributed by atoms with Gasteiger partial charge >= 0.3 is 0 Å². The molecule has 0 aliphatic heterocycles.